The second-order valence-electron chi connectivity index (χ2n) is 4.00. The van der Waals surface area contributed by atoms with E-state index < -0.39 is 0 Å². The predicted octanol–water partition coefficient (Wildman–Crippen LogP) is 2.59. The largest absolute Gasteiger partial charge is 0.383 e. The molecule has 0 aliphatic carbocycles. The van der Waals surface area contributed by atoms with Crippen molar-refractivity contribution in [2.24, 2.45) is 0 Å². The van der Waals surface area contributed by atoms with E-state index in [4.69, 9.17) is 4.74 Å². The number of hydrogen-bond donors (Lipinski definition) is 1. The Morgan fingerprint density at radius 1 is 1.21 bits per heavy atom. The molecule has 1 aromatic carbocycles. The Balaban J connectivity index is 1.86. The van der Waals surface area contributed by atoms with Crippen molar-refractivity contribution in [1.29, 1.82) is 0 Å². The van der Waals surface area contributed by atoms with Crippen LogP contribution >= 0.6 is 33.9 Å². The molecule has 6 heteroatoms. The van der Waals surface area contributed by atoms with Crippen LogP contribution in [0.15, 0.2) is 24.3 Å². The molecule has 2 aromatic rings. The molecular weight excluding hydrogens is 373 g/mol. The first-order valence-corrected chi connectivity index (χ1v) is 7.97. The number of nitrogens with zero attached hydrogens (tertiary/aromatic N) is 2. The summed E-state index contributed by atoms with van der Waals surface area (Å²) >= 11 is 3.96. The Kier molecular flexibility index (Phi) is 6.15. The maximum Gasteiger partial charge on any atom is 0.147 e. The maximum atomic E-state index is 4.98. The normalized spacial score (nSPS) is 10.8. The molecule has 0 radical (unpaired) electrons. The third-order valence-electron chi connectivity index (χ3n) is 2.56. The summed E-state index contributed by atoms with van der Waals surface area (Å²) < 4.78 is 6.21. The van der Waals surface area contributed by atoms with E-state index in [2.05, 4.69) is 62.4 Å². The van der Waals surface area contributed by atoms with Crippen molar-refractivity contribution in [3.8, 4) is 10.6 Å². The lowest BCUT2D eigenvalue weighted by Crippen LogP contribution is -2.21. The molecule has 0 aliphatic heterocycles. The summed E-state index contributed by atoms with van der Waals surface area (Å²) in [4.78, 5) is 0. The molecule has 0 bridgehead atoms. The van der Waals surface area contributed by atoms with Gasteiger partial charge in [-0.2, -0.15) is 0 Å². The number of nitrogens with one attached hydrogen (secondary N) is 1. The number of hydrogen-bond acceptors (Lipinski definition) is 5. The standard InChI is InChI=1S/C13H16IN3OS/c1-18-9-8-15-7-6-12-16-17-13(19-12)10-2-4-11(14)5-3-10/h2-5,15H,6-9H2,1H3. The first kappa shape index (κ1) is 14.8. The van der Waals surface area contributed by atoms with Gasteiger partial charge in [0.2, 0.25) is 0 Å². The lowest BCUT2D eigenvalue weighted by Gasteiger charge is -2.00. The van der Waals surface area contributed by atoms with E-state index in [1.54, 1.807) is 18.4 Å². The van der Waals surface area contributed by atoms with E-state index in [-0.39, 0.29) is 0 Å². The predicted molar refractivity (Wildman–Crippen MR) is 86.5 cm³/mol. The zero-order valence-corrected chi connectivity index (χ0v) is 13.7. The fraction of sp³-hybridized carbons (Fsp3) is 0.385. The van der Waals surface area contributed by atoms with E-state index in [0.717, 1.165) is 41.7 Å². The summed E-state index contributed by atoms with van der Waals surface area (Å²) in [7, 11) is 1.71. The quantitative estimate of drug-likeness (QED) is 0.584. The molecule has 0 aliphatic rings. The van der Waals surface area contributed by atoms with Crippen LogP contribution in [0, 0.1) is 3.57 Å². The average molecular weight is 389 g/mol. The van der Waals surface area contributed by atoms with Gasteiger partial charge in [-0.05, 0) is 34.7 Å². The fourth-order valence-corrected chi connectivity index (χ4v) is 2.76. The van der Waals surface area contributed by atoms with Gasteiger partial charge < -0.3 is 10.1 Å². The van der Waals surface area contributed by atoms with Gasteiger partial charge in [0.05, 0.1) is 6.61 Å². The molecule has 0 amide bonds. The van der Waals surface area contributed by atoms with Crippen LogP contribution in [0.4, 0.5) is 0 Å². The molecular formula is C13H16IN3OS. The van der Waals surface area contributed by atoms with Crippen molar-refractivity contribution in [1.82, 2.24) is 15.5 Å². The van der Waals surface area contributed by atoms with Crippen LogP contribution in [0.3, 0.4) is 0 Å². The molecule has 2 rings (SSSR count). The molecule has 0 saturated carbocycles. The number of benzene rings is 1. The van der Waals surface area contributed by atoms with E-state index in [1.165, 1.54) is 3.57 Å². The Bertz CT molecular complexity index is 501. The minimum absolute atomic E-state index is 0.740. The van der Waals surface area contributed by atoms with Gasteiger partial charge in [-0.3, -0.25) is 0 Å². The van der Waals surface area contributed by atoms with E-state index >= 15 is 0 Å². The fourth-order valence-electron chi connectivity index (χ4n) is 1.56. The molecule has 1 N–H and O–H groups in total. The first-order chi connectivity index (χ1) is 9.29. The van der Waals surface area contributed by atoms with Crippen LogP contribution in [0.25, 0.3) is 10.6 Å². The number of rotatable bonds is 7. The van der Waals surface area contributed by atoms with Crippen molar-refractivity contribution >= 4 is 33.9 Å². The van der Waals surface area contributed by atoms with E-state index in [1.807, 2.05) is 0 Å². The summed E-state index contributed by atoms with van der Waals surface area (Å²) in [6.07, 6.45) is 0.908. The molecule has 0 spiro atoms. The van der Waals surface area contributed by atoms with Crippen molar-refractivity contribution in [3.63, 3.8) is 0 Å². The maximum absolute atomic E-state index is 4.98. The molecule has 102 valence electrons. The SMILES string of the molecule is COCCNCCc1nnc(-c2ccc(I)cc2)s1. The zero-order chi connectivity index (χ0) is 13.5. The van der Waals surface area contributed by atoms with Crippen molar-refractivity contribution < 1.29 is 4.74 Å². The molecule has 0 saturated heterocycles. The van der Waals surface area contributed by atoms with Gasteiger partial charge >= 0.3 is 0 Å². The Morgan fingerprint density at radius 3 is 2.74 bits per heavy atom. The van der Waals surface area contributed by atoms with Gasteiger partial charge in [-0.15, -0.1) is 10.2 Å². The summed E-state index contributed by atoms with van der Waals surface area (Å²) in [6.45, 7) is 2.52. The van der Waals surface area contributed by atoms with Gasteiger partial charge in [-0.1, -0.05) is 23.5 Å². The second kappa shape index (κ2) is 7.88. The molecule has 0 fully saturated rings. The molecule has 19 heavy (non-hydrogen) atoms. The molecule has 1 aromatic heterocycles. The molecule has 1 heterocycles. The van der Waals surface area contributed by atoms with Crippen LogP contribution in [-0.2, 0) is 11.2 Å². The van der Waals surface area contributed by atoms with Gasteiger partial charge in [0, 0.05) is 35.8 Å². The smallest absolute Gasteiger partial charge is 0.147 e. The minimum atomic E-state index is 0.740. The van der Waals surface area contributed by atoms with Crippen LogP contribution < -0.4 is 5.32 Å². The van der Waals surface area contributed by atoms with Gasteiger partial charge in [0.25, 0.3) is 0 Å². The molecule has 4 nitrogen and oxygen atoms in total. The summed E-state index contributed by atoms with van der Waals surface area (Å²) in [5, 5.41) is 13.8. The van der Waals surface area contributed by atoms with Crippen molar-refractivity contribution in [2.45, 2.75) is 6.42 Å². The second-order valence-corrected chi connectivity index (χ2v) is 6.31. The highest BCUT2D eigenvalue weighted by molar-refractivity contribution is 14.1. The van der Waals surface area contributed by atoms with Crippen LogP contribution in [0.2, 0.25) is 0 Å². The number of halogens is 1. The summed E-state index contributed by atoms with van der Waals surface area (Å²) in [5.41, 5.74) is 1.14. The highest BCUT2D eigenvalue weighted by Crippen LogP contribution is 2.24. The van der Waals surface area contributed by atoms with Gasteiger partial charge in [0.15, 0.2) is 0 Å². The summed E-state index contributed by atoms with van der Waals surface area (Å²) in [6, 6.07) is 8.35. The number of aromatic nitrogens is 2. The highest BCUT2D eigenvalue weighted by Gasteiger charge is 2.06. The zero-order valence-electron chi connectivity index (χ0n) is 10.7. The Labute approximate surface area is 130 Å². The highest BCUT2D eigenvalue weighted by atomic mass is 127. The van der Waals surface area contributed by atoms with E-state index in [9.17, 15) is 0 Å². The Morgan fingerprint density at radius 2 is 2.00 bits per heavy atom. The van der Waals surface area contributed by atoms with Crippen LogP contribution in [0.5, 0.6) is 0 Å². The Hall–Kier alpha value is -0.570. The van der Waals surface area contributed by atoms with Crippen molar-refractivity contribution in [3.05, 3.63) is 32.8 Å². The third-order valence-corrected chi connectivity index (χ3v) is 4.31. The summed E-state index contributed by atoms with van der Waals surface area (Å²) in [5.74, 6) is 0. The van der Waals surface area contributed by atoms with Gasteiger partial charge in [-0.25, -0.2) is 0 Å². The number of methoxy groups -OCH3 is 1. The van der Waals surface area contributed by atoms with Crippen molar-refractivity contribution in [2.75, 3.05) is 26.8 Å². The average Bonchev–Trinajstić information content (AvgIpc) is 2.88. The first-order valence-electron chi connectivity index (χ1n) is 6.07. The van der Waals surface area contributed by atoms with E-state index in [0.29, 0.717) is 0 Å². The van der Waals surface area contributed by atoms with Gasteiger partial charge in [0.1, 0.15) is 10.0 Å². The minimum Gasteiger partial charge on any atom is -0.383 e. The monoisotopic (exact) mass is 389 g/mol. The van der Waals surface area contributed by atoms with Crippen LogP contribution in [0.1, 0.15) is 5.01 Å². The lowest BCUT2D eigenvalue weighted by molar-refractivity contribution is 0.199. The topological polar surface area (TPSA) is 47.0 Å². The molecule has 0 unspecified atom stereocenters. The van der Waals surface area contributed by atoms with Crippen LogP contribution in [-0.4, -0.2) is 37.0 Å². The number of ether oxygens (including phenoxy) is 1. The third kappa shape index (κ3) is 4.79. The molecule has 0 atom stereocenters. The lowest BCUT2D eigenvalue weighted by atomic mass is 10.2.